The van der Waals surface area contributed by atoms with Crippen LogP contribution in [0.5, 0.6) is 5.75 Å². The van der Waals surface area contributed by atoms with Gasteiger partial charge in [0.05, 0.1) is 17.6 Å². The number of nitrogens with zero attached hydrogens (tertiary/aromatic N) is 1. The molecular formula is C23H25N2O4-. The summed E-state index contributed by atoms with van der Waals surface area (Å²) >= 11 is 0. The van der Waals surface area contributed by atoms with Crippen molar-refractivity contribution >= 4 is 11.0 Å². The van der Waals surface area contributed by atoms with Crippen LogP contribution in [0, 0.1) is 10.8 Å². The molecule has 29 heavy (non-hydrogen) atoms. The lowest BCUT2D eigenvalue weighted by Crippen LogP contribution is -2.73. The van der Waals surface area contributed by atoms with E-state index in [1.165, 1.54) is 0 Å². The first-order valence-corrected chi connectivity index (χ1v) is 9.89. The Hall–Kier alpha value is -2.41. The zero-order chi connectivity index (χ0) is 20.7. The zero-order valence-corrected chi connectivity index (χ0v) is 17.3. The number of ether oxygens (including phenoxy) is 1. The second kappa shape index (κ2) is 5.59. The highest BCUT2D eigenvalue weighted by Gasteiger charge is 2.81. The number of rotatable bonds is 2. The monoisotopic (exact) mass is 393 g/mol. The van der Waals surface area contributed by atoms with Crippen LogP contribution in [-0.2, 0) is 20.3 Å². The minimum absolute atomic E-state index is 0.137. The molecule has 2 aliphatic heterocycles. The van der Waals surface area contributed by atoms with Crippen molar-refractivity contribution in [2.45, 2.75) is 46.0 Å². The number of benzene rings is 2. The summed E-state index contributed by atoms with van der Waals surface area (Å²) < 4.78 is 6.21. The Labute approximate surface area is 169 Å². The molecule has 1 N–H and O–H groups in total. The molecule has 0 bridgehead atoms. The molecule has 0 radical (unpaired) electrons. The van der Waals surface area contributed by atoms with E-state index in [0.717, 1.165) is 11.0 Å². The molecule has 5 rings (SSSR count). The Kier molecular flexibility index (Phi) is 3.59. The van der Waals surface area contributed by atoms with E-state index in [2.05, 4.69) is 44.6 Å². The molecule has 2 aliphatic rings. The third-order valence-corrected chi connectivity index (χ3v) is 6.40. The molecular weight excluding hydrogens is 368 g/mol. The van der Waals surface area contributed by atoms with Crippen molar-refractivity contribution in [3.63, 3.8) is 0 Å². The predicted octanol–water partition coefficient (Wildman–Crippen LogP) is 4.26. The van der Waals surface area contributed by atoms with Gasteiger partial charge in [-0.3, -0.25) is 0 Å². The molecule has 0 aliphatic carbocycles. The molecule has 2 fully saturated rings. The average molecular weight is 393 g/mol. The molecule has 2 unspecified atom stereocenters. The van der Waals surface area contributed by atoms with Gasteiger partial charge in [-0.2, -0.15) is 4.89 Å². The van der Waals surface area contributed by atoms with Crippen LogP contribution in [0.3, 0.4) is 0 Å². The number of nitrogens with one attached hydrogen (secondary N) is 1. The zero-order valence-electron chi connectivity index (χ0n) is 17.3. The van der Waals surface area contributed by atoms with Gasteiger partial charge in [-0.1, -0.05) is 70.7 Å². The van der Waals surface area contributed by atoms with Gasteiger partial charge in [0, 0.05) is 22.0 Å². The van der Waals surface area contributed by atoms with E-state index in [9.17, 15) is 5.11 Å². The maximum Gasteiger partial charge on any atom is 0.261 e. The fourth-order valence-corrected chi connectivity index (χ4v) is 5.24. The first kappa shape index (κ1) is 18.6. The number of fused-ring (bicyclic) bond motifs is 2. The third kappa shape index (κ3) is 2.19. The minimum Gasteiger partial charge on any atom is -0.872 e. The van der Waals surface area contributed by atoms with Crippen LogP contribution in [0.2, 0.25) is 0 Å². The summed E-state index contributed by atoms with van der Waals surface area (Å²) in [4.78, 5) is 19.3. The Morgan fingerprint density at radius 2 is 1.83 bits per heavy atom. The Morgan fingerprint density at radius 3 is 2.45 bits per heavy atom. The van der Waals surface area contributed by atoms with Crippen LogP contribution >= 0.6 is 0 Å². The molecule has 2 atom stereocenters. The van der Waals surface area contributed by atoms with Crippen molar-refractivity contribution in [3.05, 3.63) is 48.0 Å². The molecule has 2 aromatic carbocycles. The molecule has 3 aromatic rings. The van der Waals surface area contributed by atoms with E-state index in [-0.39, 0.29) is 16.6 Å². The highest BCUT2D eigenvalue weighted by atomic mass is 17.3. The van der Waals surface area contributed by atoms with Gasteiger partial charge in [0.2, 0.25) is 0 Å². The number of imidazole rings is 1. The van der Waals surface area contributed by atoms with Gasteiger partial charge in [-0.25, -0.2) is 9.87 Å². The van der Waals surface area contributed by atoms with Crippen molar-refractivity contribution in [1.29, 1.82) is 0 Å². The highest BCUT2D eigenvalue weighted by molar-refractivity contribution is 5.80. The molecule has 1 aromatic heterocycles. The van der Waals surface area contributed by atoms with Crippen molar-refractivity contribution in [2.75, 3.05) is 6.61 Å². The van der Waals surface area contributed by atoms with Gasteiger partial charge in [0.15, 0.2) is 5.60 Å². The summed E-state index contributed by atoms with van der Waals surface area (Å²) in [7, 11) is 0. The predicted molar refractivity (Wildman–Crippen MR) is 107 cm³/mol. The molecule has 0 amide bonds. The number of aromatic nitrogens is 2. The molecule has 6 heteroatoms. The number of hydrogen-bond donors (Lipinski definition) is 1. The first-order valence-electron chi connectivity index (χ1n) is 9.89. The van der Waals surface area contributed by atoms with E-state index >= 15 is 0 Å². The summed E-state index contributed by atoms with van der Waals surface area (Å²) in [6, 6.07) is 13.0. The van der Waals surface area contributed by atoms with Crippen LogP contribution in [0.25, 0.3) is 22.4 Å². The Balaban J connectivity index is 1.60. The van der Waals surface area contributed by atoms with Gasteiger partial charge in [0.1, 0.15) is 5.82 Å². The van der Waals surface area contributed by atoms with Gasteiger partial charge < -0.3 is 14.8 Å². The lowest BCUT2D eigenvalue weighted by Gasteiger charge is -2.61. The molecule has 152 valence electrons. The molecule has 2 saturated heterocycles. The number of aromatic amines is 1. The summed E-state index contributed by atoms with van der Waals surface area (Å²) in [5, 5.41) is 13.1. The second-order valence-corrected chi connectivity index (χ2v) is 9.70. The Morgan fingerprint density at radius 1 is 1.07 bits per heavy atom. The van der Waals surface area contributed by atoms with Crippen LogP contribution in [-0.4, -0.2) is 22.2 Å². The molecule has 0 spiro atoms. The lowest BCUT2D eigenvalue weighted by atomic mass is 9.57. The summed E-state index contributed by atoms with van der Waals surface area (Å²) in [6.07, 6.45) is 0. The fourth-order valence-electron chi connectivity index (χ4n) is 5.24. The third-order valence-electron chi connectivity index (χ3n) is 6.40. The molecule has 0 saturated carbocycles. The maximum absolute atomic E-state index is 13.1. The summed E-state index contributed by atoms with van der Waals surface area (Å²) in [6.45, 7) is 11.0. The van der Waals surface area contributed by atoms with Crippen LogP contribution in [0.15, 0.2) is 42.5 Å². The average Bonchev–Trinajstić information content (AvgIpc) is 3.09. The van der Waals surface area contributed by atoms with Crippen LogP contribution < -0.4 is 5.11 Å². The normalized spacial score (nSPS) is 28.3. The maximum atomic E-state index is 13.1. The van der Waals surface area contributed by atoms with Crippen molar-refractivity contribution < 1.29 is 19.6 Å². The topological polar surface area (TPSA) is 79.4 Å². The minimum atomic E-state index is -1.10. The van der Waals surface area contributed by atoms with E-state index < -0.39 is 11.4 Å². The number of para-hydroxylation sites is 2. The molecule has 3 heterocycles. The Bertz CT molecular complexity index is 1080. The highest BCUT2D eigenvalue weighted by Crippen LogP contribution is 2.69. The summed E-state index contributed by atoms with van der Waals surface area (Å²) in [5.41, 5.74) is 1.64. The second-order valence-electron chi connectivity index (χ2n) is 9.70. The van der Waals surface area contributed by atoms with Gasteiger partial charge in [-0.15, -0.1) is 0 Å². The fraction of sp³-hybridized carbons (Fsp3) is 0.435. The van der Waals surface area contributed by atoms with E-state index in [0.29, 0.717) is 23.6 Å². The first-order chi connectivity index (χ1) is 13.6. The van der Waals surface area contributed by atoms with Crippen molar-refractivity contribution in [3.8, 4) is 17.1 Å². The largest absolute Gasteiger partial charge is 0.872 e. The standard InChI is InChI=1S/C23H26N2O4/c1-20(2,3)23-21(4,5)13-27-22(23,28-29-23)14-10-11-15(18(26)12-14)19-24-16-8-6-7-9-17(16)25-19/h6-12,26H,13H2,1-5H3,(H,24,25)/p-1. The van der Waals surface area contributed by atoms with Gasteiger partial charge in [-0.05, 0) is 12.1 Å². The molecule has 6 nitrogen and oxygen atoms in total. The van der Waals surface area contributed by atoms with Crippen LogP contribution in [0.1, 0.15) is 40.2 Å². The van der Waals surface area contributed by atoms with Gasteiger partial charge >= 0.3 is 0 Å². The number of hydrogen-bond acceptors (Lipinski definition) is 5. The van der Waals surface area contributed by atoms with Gasteiger partial charge in [0.25, 0.3) is 5.79 Å². The van der Waals surface area contributed by atoms with Crippen molar-refractivity contribution in [2.24, 2.45) is 10.8 Å². The van der Waals surface area contributed by atoms with E-state index in [4.69, 9.17) is 14.5 Å². The lowest BCUT2D eigenvalue weighted by molar-refractivity contribution is -0.626. The van der Waals surface area contributed by atoms with E-state index in [1.807, 2.05) is 30.3 Å². The quantitative estimate of drug-likeness (QED) is 0.658. The van der Waals surface area contributed by atoms with Crippen LogP contribution in [0.4, 0.5) is 0 Å². The SMILES string of the molecule is CC(C)(C)C12OOC1(c1ccc(-c3nc4ccccc4[nH]3)c([O-])c1)OCC2(C)C. The van der Waals surface area contributed by atoms with Crippen molar-refractivity contribution in [1.82, 2.24) is 9.97 Å². The number of H-pyrrole nitrogens is 1. The van der Waals surface area contributed by atoms with E-state index in [1.54, 1.807) is 12.1 Å². The smallest absolute Gasteiger partial charge is 0.261 e. The summed E-state index contributed by atoms with van der Waals surface area (Å²) in [5.74, 6) is -0.677.